The Hall–Kier alpha value is -2.86. The SMILES string of the molecule is C[C@H]1CC2C3CCC4=CC(=O)C=C[C@]4(C)[C@@]3(F)[C@@H](O)C[C@]2(C)[C@@]1(OC(=O)CCCO[N+](=O)[O-])C(=O)COC(=O)Cl. The number of allylic oxidation sites excluding steroid dienone is 4. The van der Waals surface area contributed by atoms with Crippen LogP contribution in [0.2, 0.25) is 0 Å². The van der Waals surface area contributed by atoms with Gasteiger partial charge >= 0.3 is 11.4 Å². The molecule has 0 radical (unpaired) electrons. The number of esters is 1. The van der Waals surface area contributed by atoms with E-state index in [-0.39, 0.29) is 38.1 Å². The molecule has 1 N–H and O–H groups in total. The van der Waals surface area contributed by atoms with E-state index in [2.05, 4.69) is 4.84 Å². The van der Waals surface area contributed by atoms with Gasteiger partial charge in [0.15, 0.2) is 23.7 Å². The minimum absolute atomic E-state index is 0.0629. The first-order valence-electron chi connectivity index (χ1n) is 13.3. The van der Waals surface area contributed by atoms with Crippen molar-refractivity contribution in [2.45, 2.75) is 76.7 Å². The number of alkyl halides is 1. The van der Waals surface area contributed by atoms with Gasteiger partial charge in [0.25, 0.3) is 5.09 Å². The first-order chi connectivity index (χ1) is 18.6. The van der Waals surface area contributed by atoms with Crippen molar-refractivity contribution in [1.29, 1.82) is 0 Å². The Bertz CT molecular complexity index is 1190. The molecule has 13 heteroatoms. The zero-order chi connectivity index (χ0) is 29.7. The highest BCUT2D eigenvalue weighted by atomic mass is 35.5. The van der Waals surface area contributed by atoms with E-state index in [0.29, 0.717) is 18.4 Å². The molecule has 40 heavy (non-hydrogen) atoms. The number of hydrogen-bond acceptors (Lipinski definition) is 10. The molecule has 8 atom stereocenters. The smallest absolute Gasteiger partial charge is 0.404 e. The second kappa shape index (κ2) is 10.5. The van der Waals surface area contributed by atoms with Gasteiger partial charge in [-0.25, -0.2) is 9.18 Å². The molecule has 0 amide bonds. The monoisotopic (exact) mass is 585 g/mol. The molecule has 0 bridgehead atoms. The number of aliphatic hydroxyl groups is 1. The maximum atomic E-state index is 17.4. The fourth-order valence-electron chi connectivity index (χ4n) is 8.21. The molecular weight excluding hydrogens is 553 g/mol. The number of halogens is 2. The number of carbonyl (C=O) groups excluding carboxylic acids is 4. The van der Waals surface area contributed by atoms with Crippen LogP contribution in [-0.2, 0) is 28.7 Å². The van der Waals surface area contributed by atoms with Crippen LogP contribution in [-0.4, -0.2) is 63.7 Å². The Balaban J connectivity index is 1.72. The predicted molar refractivity (Wildman–Crippen MR) is 136 cm³/mol. The molecule has 0 aromatic carbocycles. The van der Waals surface area contributed by atoms with Crippen LogP contribution in [0, 0.1) is 38.7 Å². The maximum Gasteiger partial charge on any atom is 0.404 e. The molecule has 4 aliphatic carbocycles. The standard InChI is InChI=1S/C27H33ClFNO10/c1-15-11-19-18-7-6-16-12-17(31)8-9-24(16,2)26(18,29)20(32)13-25(19,3)27(15,21(33)14-38-23(28)35)40-22(34)5-4-10-39-30(36)37/h8-9,12,15,18-20,32H,4-7,10-11,13-14H2,1-3H3/t15-,18?,19?,20-,24-,25-,26-,27-/m0/s1. The third-order valence-electron chi connectivity index (χ3n) is 9.91. The summed E-state index contributed by atoms with van der Waals surface area (Å²) >= 11 is 5.31. The van der Waals surface area contributed by atoms with Crippen LogP contribution in [0.5, 0.6) is 0 Å². The molecule has 220 valence electrons. The molecule has 4 aliphatic rings. The summed E-state index contributed by atoms with van der Waals surface area (Å²) in [4.78, 5) is 64.9. The van der Waals surface area contributed by atoms with E-state index < -0.39 is 74.8 Å². The molecule has 0 aliphatic heterocycles. The highest BCUT2D eigenvalue weighted by Crippen LogP contribution is 2.71. The van der Waals surface area contributed by atoms with E-state index in [1.807, 2.05) is 0 Å². The van der Waals surface area contributed by atoms with Gasteiger partial charge in [-0.1, -0.05) is 25.5 Å². The van der Waals surface area contributed by atoms with Gasteiger partial charge in [0.05, 0.1) is 12.7 Å². The van der Waals surface area contributed by atoms with Gasteiger partial charge in [0.1, 0.15) is 0 Å². The molecule has 11 nitrogen and oxygen atoms in total. The lowest BCUT2D eigenvalue weighted by Gasteiger charge is -2.62. The fraction of sp³-hybridized carbons (Fsp3) is 0.704. The average molecular weight is 586 g/mol. The van der Waals surface area contributed by atoms with E-state index in [1.54, 1.807) is 20.8 Å². The summed E-state index contributed by atoms with van der Waals surface area (Å²) in [6.07, 6.45) is 3.03. The molecule has 0 saturated heterocycles. The van der Waals surface area contributed by atoms with E-state index in [0.717, 1.165) is 0 Å². The quantitative estimate of drug-likeness (QED) is 0.138. The molecule has 3 saturated carbocycles. The summed E-state index contributed by atoms with van der Waals surface area (Å²) < 4.78 is 28.1. The van der Waals surface area contributed by atoms with Crippen molar-refractivity contribution in [3.05, 3.63) is 33.9 Å². The van der Waals surface area contributed by atoms with Crippen LogP contribution in [0.4, 0.5) is 9.18 Å². The number of fused-ring (bicyclic) bond motifs is 5. The van der Waals surface area contributed by atoms with E-state index in [9.17, 15) is 34.4 Å². The number of hydrogen-bond donors (Lipinski definition) is 1. The number of Topliss-reactive ketones (excluding diaryl/α,β-unsaturated/α-hetero) is 1. The van der Waals surface area contributed by atoms with Crippen LogP contribution < -0.4 is 0 Å². The second-order valence-corrected chi connectivity index (χ2v) is 12.0. The Kier molecular flexibility index (Phi) is 7.92. The maximum absolute atomic E-state index is 17.4. The van der Waals surface area contributed by atoms with Crippen LogP contribution in [0.15, 0.2) is 23.8 Å². The van der Waals surface area contributed by atoms with E-state index in [4.69, 9.17) is 21.1 Å². The van der Waals surface area contributed by atoms with Crippen LogP contribution in [0.25, 0.3) is 0 Å². The molecule has 2 unspecified atom stereocenters. The van der Waals surface area contributed by atoms with E-state index >= 15 is 4.39 Å². The van der Waals surface area contributed by atoms with Gasteiger partial charge in [-0.05, 0) is 57.1 Å². The van der Waals surface area contributed by atoms with Gasteiger partial charge in [-0.2, -0.15) is 0 Å². The highest BCUT2D eigenvalue weighted by Gasteiger charge is 2.77. The van der Waals surface area contributed by atoms with E-state index in [1.165, 1.54) is 18.2 Å². The summed E-state index contributed by atoms with van der Waals surface area (Å²) in [5.74, 6) is -3.77. The lowest BCUT2D eigenvalue weighted by atomic mass is 9.44. The van der Waals surface area contributed by atoms with Gasteiger partial charge in [-0.15, -0.1) is 10.1 Å². The third-order valence-corrected chi connectivity index (χ3v) is 10.0. The average Bonchev–Trinajstić information content (AvgIpc) is 3.08. The number of aliphatic hydroxyl groups excluding tert-OH is 1. The lowest BCUT2D eigenvalue weighted by molar-refractivity contribution is -0.757. The molecule has 0 spiro atoms. The van der Waals surface area contributed by atoms with Gasteiger partial charge in [0, 0.05) is 40.7 Å². The van der Waals surface area contributed by atoms with Crippen LogP contribution in [0.1, 0.15) is 59.3 Å². The summed E-state index contributed by atoms with van der Waals surface area (Å²) in [5, 5.41) is 21.0. The van der Waals surface area contributed by atoms with Crippen molar-refractivity contribution in [3.8, 4) is 0 Å². The third kappa shape index (κ3) is 4.43. The number of nitrogens with zero attached hydrogens (tertiary/aromatic N) is 1. The van der Waals surface area contributed by atoms with Crippen molar-refractivity contribution in [3.63, 3.8) is 0 Å². The number of ketones is 2. The Morgan fingerprint density at radius 2 is 1.98 bits per heavy atom. The highest BCUT2D eigenvalue weighted by molar-refractivity contribution is 6.61. The van der Waals surface area contributed by atoms with Crippen molar-refractivity contribution in [1.82, 2.24) is 0 Å². The topological polar surface area (TPSA) is 159 Å². The summed E-state index contributed by atoms with van der Waals surface area (Å²) in [7, 11) is 0. The summed E-state index contributed by atoms with van der Waals surface area (Å²) in [5.41, 5.74) is -7.20. The molecule has 0 heterocycles. The Morgan fingerprint density at radius 3 is 2.62 bits per heavy atom. The zero-order valence-electron chi connectivity index (χ0n) is 22.5. The Morgan fingerprint density at radius 1 is 1.27 bits per heavy atom. The van der Waals surface area contributed by atoms with Crippen LogP contribution in [0.3, 0.4) is 0 Å². The first-order valence-corrected chi connectivity index (χ1v) is 13.7. The minimum atomic E-state index is -2.16. The normalized spacial score (nSPS) is 39.8. The molecule has 0 aromatic heterocycles. The van der Waals surface area contributed by atoms with Crippen molar-refractivity contribution >= 4 is 34.6 Å². The number of ether oxygens (including phenoxy) is 2. The largest absolute Gasteiger partial charge is 0.450 e. The predicted octanol–water partition coefficient (Wildman–Crippen LogP) is 3.82. The van der Waals surface area contributed by atoms with Crippen LogP contribution >= 0.6 is 11.6 Å². The molecule has 4 rings (SSSR count). The van der Waals surface area contributed by atoms with Crippen molar-refractivity contribution in [2.75, 3.05) is 13.2 Å². The van der Waals surface area contributed by atoms with Gasteiger partial charge in [-0.3, -0.25) is 14.4 Å². The minimum Gasteiger partial charge on any atom is -0.450 e. The molecule has 0 aromatic rings. The lowest BCUT2D eigenvalue weighted by Crippen LogP contribution is -2.70. The zero-order valence-corrected chi connectivity index (χ0v) is 23.3. The van der Waals surface area contributed by atoms with Gasteiger partial charge < -0.3 is 19.4 Å². The number of carbonyl (C=O) groups is 4. The van der Waals surface area contributed by atoms with Gasteiger partial charge in [0.2, 0.25) is 5.78 Å². The fourth-order valence-corrected chi connectivity index (χ4v) is 8.27. The summed E-state index contributed by atoms with van der Waals surface area (Å²) in [6, 6.07) is 0. The number of rotatable bonds is 9. The van der Waals surface area contributed by atoms with Crippen molar-refractivity contribution in [2.24, 2.45) is 28.6 Å². The molecule has 3 fully saturated rings. The first kappa shape index (κ1) is 30.1. The molecular formula is C27H33ClFNO10. The van der Waals surface area contributed by atoms with Crippen molar-refractivity contribution < 1.29 is 48.1 Å². The summed E-state index contributed by atoms with van der Waals surface area (Å²) in [6.45, 7) is 3.88. The Labute approximate surface area is 235 Å². The second-order valence-electron chi connectivity index (χ2n) is 11.7.